The number of carbonyl (C=O) groups excluding carboxylic acids is 3. The van der Waals surface area contributed by atoms with Crippen molar-refractivity contribution in [2.75, 3.05) is 11.5 Å². The van der Waals surface area contributed by atoms with Crippen molar-refractivity contribution in [2.45, 2.75) is 34.3 Å². The van der Waals surface area contributed by atoms with Gasteiger partial charge >= 0.3 is 5.97 Å². The van der Waals surface area contributed by atoms with Crippen molar-refractivity contribution in [1.82, 2.24) is 24.8 Å². The Morgan fingerprint density at radius 1 is 0.859 bits per heavy atom. The van der Waals surface area contributed by atoms with E-state index in [9.17, 15) is 14.4 Å². The number of anilines is 1. The second kappa shape index (κ2) is 18.8. The lowest BCUT2D eigenvalue weighted by molar-refractivity contribution is -0.154. The summed E-state index contributed by atoms with van der Waals surface area (Å²) in [5.41, 5.74) is 8.92. The quantitative estimate of drug-likeness (QED) is 0.0352. The van der Waals surface area contributed by atoms with E-state index in [4.69, 9.17) is 26.9 Å². The zero-order valence-corrected chi connectivity index (χ0v) is 37.8. The molecule has 0 spiro atoms. The maximum atomic E-state index is 14.7. The van der Waals surface area contributed by atoms with Crippen molar-refractivity contribution in [2.24, 2.45) is 5.16 Å². The second-order valence-electron chi connectivity index (χ2n) is 14.5. The molecule has 17 heteroatoms. The molecule has 0 saturated carbocycles. The van der Waals surface area contributed by atoms with Crippen LogP contribution in [-0.4, -0.2) is 60.1 Å². The zero-order valence-electron chi connectivity index (χ0n) is 33.7. The van der Waals surface area contributed by atoms with Crippen LogP contribution in [0.15, 0.2) is 172 Å². The summed E-state index contributed by atoms with van der Waals surface area (Å²) in [5.74, 6) is -1.69. The monoisotopic (exact) mass is 941 g/mol. The number of nitrogen functional groups attached to an aromatic ring is 1. The van der Waals surface area contributed by atoms with E-state index in [1.807, 2.05) is 159 Å². The van der Waals surface area contributed by atoms with Gasteiger partial charge < -0.3 is 20.6 Å². The minimum Gasteiger partial charge on any atom is -0.448 e. The number of aromatic nitrogens is 3. The summed E-state index contributed by atoms with van der Waals surface area (Å²) in [6.45, 7) is 1.83. The fourth-order valence-corrected chi connectivity index (χ4v) is 11.7. The van der Waals surface area contributed by atoms with E-state index in [2.05, 4.69) is 25.0 Å². The Bertz CT molecular complexity index is 2730. The number of rotatable bonds is 14. The fraction of sp³-hybridized carbons (Fsp3) is 0.128. The number of nitrogens with two attached hydrogens (primary N) is 1. The average Bonchev–Trinajstić information content (AvgIpc) is 3.91. The van der Waals surface area contributed by atoms with Crippen LogP contribution < -0.4 is 11.1 Å². The third kappa shape index (κ3) is 8.42. The van der Waals surface area contributed by atoms with E-state index in [1.54, 1.807) is 0 Å². The van der Waals surface area contributed by atoms with Gasteiger partial charge in [0.25, 0.3) is 11.8 Å². The predicted molar refractivity (Wildman–Crippen MR) is 252 cm³/mol. The first-order valence-corrected chi connectivity index (χ1v) is 23.7. The van der Waals surface area contributed by atoms with Crippen LogP contribution in [0.5, 0.6) is 0 Å². The molecule has 4 heterocycles. The number of thioether (sulfide) groups is 2. The van der Waals surface area contributed by atoms with Gasteiger partial charge in [-0.3, -0.25) is 14.5 Å². The summed E-state index contributed by atoms with van der Waals surface area (Å²) < 4.78 is 11.3. The number of amides is 2. The van der Waals surface area contributed by atoms with Crippen LogP contribution in [0.1, 0.15) is 45.3 Å². The third-order valence-corrected chi connectivity index (χ3v) is 15.2. The van der Waals surface area contributed by atoms with Crippen molar-refractivity contribution in [3.8, 4) is 0 Å². The number of nitrogens with zero attached hydrogens (tertiary/aromatic N) is 5. The molecule has 2 atom stereocenters. The summed E-state index contributed by atoms with van der Waals surface area (Å²) in [6, 6.07) is 46.3. The summed E-state index contributed by atoms with van der Waals surface area (Å²) in [6.07, 6.45) is -0.774. The van der Waals surface area contributed by atoms with Crippen LogP contribution in [0.25, 0.3) is 0 Å². The van der Waals surface area contributed by atoms with E-state index >= 15 is 0 Å². The average molecular weight is 943 g/mol. The number of hydrogen-bond acceptors (Lipinski definition) is 14. The van der Waals surface area contributed by atoms with E-state index in [0.717, 1.165) is 43.4 Å². The Balaban J connectivity index is 1.06. The number of carbonyl (C=O) groups is 3. The van der Waals surface area contributed by atoms with Crippen molar-refractivity contribution >= 4 is 86.6 Å². The number of oxime groups is 1. The molecule has 9 rings (SSSR count). The number of esters is 1. The standard InChI is InChI=1S/C47H36ClN7O5S4/c1-28-45(64-54-52-28)62-34-27-61-43-37(42(57)55(43)38(34)44(58)59-39(29-17-7-2-8-18-29)30-19-9-3-10-20-30)50-41(56)36(35-40(48)63-46(49)51-35)53-60-47(31-21-11-4-12-22-31,32-23-13-5-14-24-32)33-25-15-6-16-26-33/h2-26,37,39,43H,27H2,1H3,(H2,49,51)(H,50,56)/t37-,43?/m1/s1. The molecule has 320 valence electrons. The molecule has 1 fully saturated rings. The highest BCUT2D eigenvalue weighted by atomic mass is 35.5. The molecule has 1 saturated heterocycles. The van der Waals surface area contributed by atoms with Gasteiger partial charge in [0.2, 0.25) is 5.60 Å². The van der Waals surface area contributed by atoms with E-state index in [-0.39, 0.29) is 26.6 Å². The SMILES string of the molecule is Cc1nnsc1SC1=C(C(=O)OC(c2ccccc2)c2ccccc2)N2C(=O)[C@@H](NC(=O)C(=NOC(c3ccccc3)(c3ccccc3)c3ccccc3)c3nc(N)sc3Cl)C2SC1. The number of thiazole rings is 1. The topological polar surface area (TPSA) is 162 Å². The van der Waals surface area contributed by atoms with Gasteiger partial charge in [0.1, 0.15) is 31.4 Å². The van der Waals surface area contributed by atoms with Crippen LogP contribution >= 0.6 is 58.0 Å². The number of benzene rings is 5. The Morgan fingerprint density at radius 3 is 1.88 bits per heavy atom. The first-order chi connectivity index (χ1) is 31.2. The molecular formula is C47H36ClN7O5S4. The molecule has 0 radical (unpaired) electrons. The highest BCUT2D eigenvalue weighted by molar-refractivity contribution is 8.07. The zero-order chi connectivity index (χ0) is 44.2. The molecule has 0 bridgehead atoms. The molecule has 3 N–H and O–H groups in total. The largest absolute Gasteiger partial charge is 0.448 e. The smallest absolute Gasteiger partial charge is 0.356 e. The van der Waals surface area contributed by atoms with Gasteiger partial charge in [-0.1, -0.05) is 196 Å². The molecule has 0 aliphatic carbocycles. The van der Waals surface area contributed by atoms with E-state index in [0.29, 0.717) is 16.4 Å². The van der Waals surface area contributed by atoms with Crippen molar-refractivity contribution in [3.63, 3.8) is 0 Å². The molecule has 64 heavy (non-hydrogen) atoms. The molecule has 2 amide bonds. The molecule has 5 aromatic carbocycles. The minimum absolute atomic E-state index is 0.0195. The van der Waals surface area contributed by atoms with E-state index in [1.165, 1.54) is 40.0 Å². The molecule has 1 unspecified atom stereocenters. The molecule has 12 nitrogen and oxygen atoms in total. The van der Waals surface area contributed by atoms with Crippen LogP contribution in [-0.2, 0) is 29.6 Å². The number of nitrogens with one attached hydrogen (secondary N) is 1. The maximum Gasteiger partial charge on any atom is 0.356 e. The van der Waals surface area contributed by atoms with Gasteiger partial charge in [-0.05, 0) is 29.6 Å². The number of halogens is 1. The number of fused-ring (bicyclic) bond motifs is 1. The van der Waals surface area contributed by atoms with E-state index < -0.39 is 40.9 Å². The minimum atomic E-state index is -1.36. The Hall–Kier alpha value is -6.30. The Labute approximate surface area is 389 Å². The highest BCUT2D eigenvalue weighted by Crippen LogP contribution is 2.47. The first-order valence-electron chi connectivity index (χ1n) is 19.8. The lowest BCUT2D eigenvalue weighted by Crippen LogP contribution is -2.71. The first kappa shape index (κ1) is 43.0. The lowest BCUT2D eigenvalue weighted by atomic mass is 9.80. The summed E-state index contributed by atoms with van der Waals surface area (Å²) in [5, 5.41) is 11.0. The number of hydrogen-bond donors (Lipinski definition) is 2. The van der Waals surface area contributed by atoms with Crippen LogP contribution in [0.2, 0.25) is 4.34 Å². The molecular weight excluding hydrogens is 906 g/mol. The van der Waals surface area contributed by atoms with Crippen LogP contribution in [0, 0.1) is 6.92 Å². The summed E-state index contributed by atoms with van der Waals surface area (Å²) in [7, 11) is 0. The van der Waals surface area contributed by atoms with Gasteiger partial charge in [-0.25, -0.2) is 9.78 Å². The number of aryl methyl sites for hydroxylation is 1. The van der Waals surface area contributed by atoms with Crippen LogP contribution in [0.3, 0.4) is 0 Å². The predicted octanol–water partition coefficient (Wildman–Crippen LogP) is 8.99. The second-order valence-corrected chi connectivity index (χ2v) is 19.3. The fourth-order valence-electron chi connectivity index (χ4n) is 7.49. The highest BCUT2D eigenvalue weighted by Gasteiger charge is 2.55. The summed E-state index contributed by atoms with van der Waals surface area (Å²) in [4.78, 5) is 56.9. The molecule has 7 aromatic rings. The lowest BCUT2D eigenvalue weighted by Gasteiger charge is -2.49. The van der Waals surface area contributed by atoms with Crippen LogP contribution in [0.4, 0.5) is 5.13 Å². The Morgan fingerprint density at radius 2 is 1.39 bits per heavy atom. The molecule has 2 aliphatic rings. The van der Waals surface area contributed by atoms with Gasteiger partial charge in [0.05, 0.1) is 5.69 Å². The molecule has 2 aromatic heterocycles. The summed E-state index contributed by atoms with van der Waals surface area (Å²) >= 11 is 11.6. The molecule has 2 aliphatic heterocycles. The van der Waals surface area contributed by atoms with Gasteiger partial charge in [0, 0.05) is 27.3 Å². The van der Waals surface area contributed by atoms with Gasteiger partial charge in [-0.15, -0.1) is 16.9 Å². The normalized spacial score (nSPS) is 16.3. The third-order valence-electron chi connectivity index (χ3n) is 10.5. The van der Waals surface area contributed by atoms with Crippen molar-refractivity contribution in [3.05, 3.63) is 206 Å². The van der Waals surface area contributed by atoms with Gasteiger partial charge in [0.15, 0.2) is 16.9 Å². The van der Waals surface area contributed by atoms with Crippen molar-refractivity contribution in [1.29, 1.82) is 0 Å². The van der Waals surface area contributed by atoms with Crippen molar-refractivity contribution < 1.29 is 24.0 Å². The van der Waals surface area contributed by atoms with Gasteiger partial charge in [-0.2, -0.15) is 0 Å². The number of β-lactam (4-membered cyclic amide) rings is 1. The maximum absolute atomic E-state index is 14.7. The number of ether oxygens (including phenoxy) is 1. The Kier molecular flexibility index (Phi) is 12.6.